The van der Waals surface area contributed by atoms with E-state index in [1.54, 1.807) is 6.20 Å². The van der Waals surface area contributed by atoms with E-state index in [9.17, 15) is 4.79 Å². The van der Waals surface area contributed by atoms with Gasteiger partial charge in [0.2, 0.25) is 0 Å². The Balaban J connectivity index is 1.64. The van der Waals surface area contributed by atoms with E-state index < -0.39 is 0 Å². The molecule has 0 radical (unpaired) electrons. The Kier molecular flexibility index (Phi) is 4.01. The van der Waals surface area contributed by atoms with Gasteiger partial charge in [-0.2, -0.15) is 0 Å². The minimum atomic E-state index is 0.0543. The number of thiophene rings is 1. The van der Waals surface area contributed by atoms with Crippen LogP contribution in [-0.4, -0.2) is 24.0 Å². The number of carbonyl (C=O) groups excluding carboxylic acids is 1. The van der Waals surface area contributed by atoms with Crippen LogP contribution in [0.5, 0.6) is 0 Å². The summed E-state index contributed by atoms with van der Waals surface area (Å²) in [5, 5.41) is 1.93. The molecule has 0 unspecified atom stereocenters. The smallest absolute Gasteiger partial charge is 0.268 e. The second kappa shape index (κ2) is 6.45. The van der Waals surface area contributed by atoms with Crippen LogP contribution in [-0.2, 0) is 6.54 Å². The zero-order valence-corrected chi connectivity index (χ0v) is 13.9. The van der Waals surface area contributed by atoms with Crippen molar-refractivity contribution >= 4 is 28.7 Å². The van der Waals surface area contributed by atoms with Crippen LogP contribution in [0.15, 0.2) is 66.2 Å². The summed E-state index contributed by atoms with van der Waals surface area (Å²) in [5.74, 6) is 0.927. The van der Waals surface area contributed by atoms with E-state index in [4.69, 9.17) is 0 Å². The Morgan fingerprint density at radius 2 is 1.92 bits per heavy atom. The van der Waals surface area contributed by atoms with Crippen LogP contribution in [0, 0.1) is 0 Å². The number of nitrogens with zero attached hydrogens (tertiary/aromatic N) is 3. The van der Waals surface area contributed by atoms with E-state index >= 15 is 0 Å². The fourth-order valence-electron chi connectivity index (χ4n) is 2.99. The van der Waals surface area contributed by atoms with Crippen molar-refractivity contribution in [3.05, 3.63) is 76.6 Å². The van der Waals surface area contributed by atoms with Gasteiger partial charge >= 0.3 is 0 Å². The number of benzene rings is 1. The van der Waals surface area contributed by atoms with Crippen LogP contribution in [0.2, 0.25) is 0 Å². The third kappa shape index (κ3) is 2.78. The third-order valence-corrected chi connectivity index (χ3v) is 5.00. The molecule has 3 aromatic rings. The van der Waals surface area contributed by atoms with Crippen LogP contribution in [0.1, 0.15) is 15.2 Å². The van der Waals surface area contributed by atoms with Gasteiger partial charge in [-0.3, -0.25) is 4.79 Å². The quantitative estimate of drug-likeness (QED) is 0.730. The molecule has 4 nitrogen and oxygen atoms in total. The molecule has 24 heavy (non-hydrogen) atoms. The molecule has 0 atom stereocenters. The van der Waals surface area contributed by atoms with E-state index in [1.165, 1.54) is 16.9 Å². The number of fused-ring (bicyclic) bond motifs is 1. The number of aromatic nitrogens is 1. The number of carbonyl (C=O) groups is 1. The Labute approximate surface area is 145 Å². The molecule has 0 spiro atoms. The van der Waals surface area contributed by atoms with E-state index in [1.807, 2.05) is 52.7 Å². The molecule has 0 saturated carbocycles. The first-order valence-electron chi connectivity index (χ1n) is 7.92. The number of rotatable bonds is 3. The minimum absolute atomic E-state index is 0.0543. The molecule has 1 aromatic carbocycles. The van der Waals surface area contributed by atoms with Gasteiger partial charge in [0, 0.05) is 25.8 Å². The number of amides is 1. The SMILES string of the molecule is O=C(c1cccs1)N1CCN(Cc2ccccc2)c2ncccc21. The second-order valence-electron chi connectivity index (χ2n) is 5.69. The van der Waals surface area contributed by atoms with E-state index in [-0.39, 0.29) is 5.91 Å². The first kappa shape index (κ1) is 14.9. The first-order chi connectivity index (χ1) is 11.8. The van der Waals surface area contributed by atoms with Gasteiger partial charge in [0.05, 0.1) is 10.6 Å². The lowest BCUT2D eigenvalue weighted by Gasteiger charge is -2.36. The third-order valence-electron chi connectivity index (χ3n) is 4.14. The van der Waals surface area contributed by atoms with Crippen molar-refractivity contribution in [3.63, 3.8) is 0 Å². The lowest BCUT2D eigenvalue weighted by Crippen LogP contribution is -2.44. The summed E-state index contributed by atoms with van der Waals surface area (Å²) in [6, 6.07) is 18.0. The van der Waals surface area contributed by atoms with Gasteiger partial charge in [0.25, 0.3) is 5.91 Å². The summed E-state index contributed by atoms with van der Waals surface area (Å²) in [6.45, 7) is 2.24. The molecule has 0 bridgehead atoms. The molecule has 5 heteroatoms. The number of pyridine rings is 1. The molecular weight excluding hydrogens is 318 g/mol. The van der Waals surface area contributed by atoms with Gasteiger partial charge < -0.3 is 9.80 Å². The molecule has 3 heterocycles. The first-order valence-corrected chi connectivity index (χ1v) is 8.80. The predicted octanol–water partition coefficient (Wildman–Crippen LogP) is 3.81. The van der Waals surface area contributed by atoms with E-state index in [0.29, 0.717) is 6.54 Å². The molecule has 1 aliphatic heterocycles. The van der Waals surface area contributed by atoms with Gasteiger partial charge in [-0.15, -0.1) is 11.3 Å². The van der Waals surface area contributed by atoms with Crippen LogP contribution >= 0.6 is 11.3 Å². The van der Waals surface area contributed by atoms with Gasteiger partial charge in [0.1, 0.15) is 0 Å². The largest absolute Gasteiger partial charge is 0.349 e. The summed E-state index contributed by atoms with van der Waals surface area (Å²) >= 11 is 1.48. The number of hydrogen-bond donors (Lipinski definition) is 0. The Morgan fingerprint density at radius 3 is 2.71 bits per heavy atom. The molecule has 0 saturated heterocycles. The molecule has 1 amide bonds. The van der Waals surface area contributed by atoms with Crippen LogP contribution < -0.4 is 9.80 Å². The standard InChI is InChI=1S/C19H17N3OS/c23-19(17-9-5-13-24-17)22-12-11-21(14-15-6-2-1-3-7-15)18-16(22)8-4-10-20-18/h1-10,13H,11-12,14H2. The molecule has 0 fully saturated rings. The average Bonchev–Trinajstić information content (AvgIpc) is 3.17. The average molecular weight is 335 g/mol. The fourth-order valence-corrected chi connectivity index (χ4v) is 3.66. The summed E-state index contributed by atoms with van der Waals surface area (Å²) < 4.78 is 0. The Morgan fingerprint density at radius 1 is 1.04 bits per heavy atom. The lowest BCUT2D eigenvalue weighted by atomic mass is 10.1. The summed E-state index contributed by atoms with van der Waals surface area (Å²) in [6.07, 6.45) is 1.79. The van der Waals surface area contributed by atoms with Gasteiger partial charge in [-0.1, -0.05) is 36.4 Å². The highest BCUT2D eigenvalue weighted by Crippen LogP contribution is 2.33. The van der Waals surface area contributed by atoms with Crippen LogP contribution in [0.4, 0.5) is 11.5 Å². The molecule has 0 N–H and O–H groups in total. The van der Waals surface area contributed by atoms with E-state index in [2.05, 4.69) is 22.0 Å². The van der Waals surface area contributed by atoms with Crippen molar-refractivity contribution in [2.45, 2.75) is 6.54 Å². The Hall–Kier alpha value is -2.66. The fraction of sp³-hybridized carbons (Fsp3) is 0.158. The van der Waals surface area contributed by atoms with Crippen LogP contribution in [0.25, 0.3) is 0 Å². The van der Waals surface area contributed by atoms with Crippen molar-refractivity contribution in [1.82, 2.24) is 4.98 Å². The monoisotopic (exact) mass is 335 g/mol. The van der Waals surface area contributed by atoms with Crippen molar-refractivity contribution in [3.8, 4) is 0 Å². The highest BCUT2D eigenvalue weighted by Gasteiger charge is 2.28. The second-order valence-corrected chi connectivity index (χ2v) is 6.64. The normalized spacial score (nSPS) is 13.7. The van der Waals surface area contributed by atoms with Crippen molar-refractivity contribution in [2.75, 3.05) is 22.9 Å². The molecule has 1 aliphatic rings. The highest BCUT2D eigenvalue weighted by atomic mass is 32.1. The number of anilines is 2. The molecule has 120 valence electrons. The summed E-state index contributed by atoms with van der Waals surface area (Å²) in [5.41, 5.74) is 2.13. The maximum Gasteiger partial charge on any atom is 0.268 e. The van der Waals surface area contributed by atoms with Gasteiger partial charge in [-0.05, 0) is 29.1 Å². The molecule has 4 rings (SSSR count). The molecule has 0 aliphatic carbocycles. The highest BCUT2D eigenvalue weighted by molar-refractivity contribution is 7.12. The summed E-state index contributed by atoms with van der Waals surface area (Å²) in [4.78, 5) is 22.2. The predicted molar refractivity (Wildman–Crippen MR) is 97.7 cm³/mol. The lowest BCUT2D eigenvalue weighted by molar-refractivity contribution is 0.0990. The zero-order valence-electron chi connectivity index (χ0n) is 13.1. The van der Waals surface area contributed by atoms with E-state index in [0.717, 1.165) is 29.5 Å². The maximum atomic E-state index is 12.8. The van der Waals surface area contributed by atoms with Crippen molar-refractivity contribution < 1.29 is 4.79 Å². The van der Waals surface area contributed by atoms with Crippen LogP contribution in [0.3, 0.4) is 0 Å². The van der Waals surface area contributed by atoms with Crippen molar-refractivity contribution in [2.24, 2.45) is 0 Å². The molecular formula is C19H17N3OS. The Bertz CT molecular complexity index is 833. The minimum Gasteiger partial charge on any atom is -0.349 e. The maximum absolute atomic E-state index is 12.8. The van der Waals surface area contributed by atoms with Gasteiger partial charge in [-0.25, -0.2) is 4.98 Å². The topological polar surface area (TPSA) is 36.4 Å². The zero-order chi connectivity index (χ0) is 16.4. The molecule has 2 aromatic heterocycles. The van der Waals surface area contributed by atoms with Crippen molar-refractivity contribution in [1.29, 1.82) is 0 Å². The van der Waals surface area contributed by atoms with Gasteiger partial charge in [0.15, 0.2) is 5.82 Å². The number of hydrogen-bond acceptors (Lipinski definition) is 4. The summed E-state index contributed by atoms with van der Waals surface area (Å²) in [7, 11) is 0.